The number of fused-ring (bicyclic) bond motifs is 1. The van der Waals surface area contributed by atoms with E-state index >= 15 is 0 Å². The van der Waals surface area contributed by atoms with Crippen LogP contribution < -0.4 is 5.32 Å². The number of nitrogens with zero attached hydrogens (tertiary/aromatic N) is 1. The lowest BCUT2D eigenvalue weighted by atomic mass is 9.91. The van der Waals surface area contributed by atoms with Gasteiger partial charge in [-0.1, -0.05) is 29.8 Å². The molecule has 2 aliphatic rings. The van der Waals surface area contributed by atoms with Crippen molar-refractivity contribution in [1.29, 1.82) is 0 Å². The number of nitrogens with one attached hydrogen (secondary N) is 1. The van der Waals surface area contributed by atoms with Gasteiger partial charge in [-0.3, -0.25) is 4.90 Å². The van der Waals surface area contributed by atoms with E-state index in [4.69, 9.17) is 4.74 Å². The minimum atomic E-state index is -0.265. The lowest BCUT2D eigenvalue weighted by Crippen LogP contribution is -2.57. The second kappa shape index (κ2) is 5.21. The number of benzene rings is 1. The fraction of sp³-hybridized carbons (Fsp3) is 0.533. The van der Waals surface area contributed by atoms with E-state index in [1.54, 1.807) is 0 Å². The van der Waals surface area contributed by atoms with Crippen LogP contribution in [0.25, 0.3) is 0 Å². The zero-order valence-electron chi connectivity index (χ0n) is 11.3. The second-order valence-corrected chi connectivity index (χ2v) is 5.62. The number of ether oxygens (including phenoxy) is 1. The molecule has 0 saturated carbocycles. The first kappa shape index (κ1) is 12.5. The third-order valence-electron chi connectivity index (χ3n) is 4.10. The molecule has 0 bridgehead atoms. The number of carbonyl (C=O) groups excluding carboxylic acids is 1. The van der Waals surface area contributed by atoms with Crippen molar-refractivity contribution in [2.24, 2.45) is 5.92 Å². The summed E-state index contributed by atoms with van der Waals surface area (Å²) in [5.41, 5.74) is 2.63. The largest absolute Gasteiger partial charge is 0.449 e. The van der Waals surface area contributed by atoms with E-state index in [-0.39, 0.29) is 12.1 Å². The van der Waals surface area contributed by atoms with Crippen molar-refractivity contribution in [2.45, 2.75) is 25.9 Å². The van der Waals surface area contributed by atoms with E-state index < -0.39 is 0 Å². The maximum atomic E-state index is 11.3. The van der Waals surface area contributed by atoms with Crippen molar-refractivity contribution >= 4 is 6.09 Å². The molecule has 1 N–H and O–H groups in total. The number of hydrogen-bond donors (Lipinski definition) is 1. The topological polar surface area (TPSA) is 41.6 Å². The number of carbonyl (C=O) groups is 1. The minimum absolute atomic E-state index is 0.250. The summed E-state index contributed by atoms with van der Waals surface area (Å²) in [6, 6.07) is 8.92. The first-order valence-electron chi connectivity index (χ1n) is 6.92. The average Bonchev–Trinajstić information content (AvgIpc) is 2.41. The van der Waals surface area contributed by atoms with Crippen LogP contribution in [-0.2, 0) is 11.3 Å². The van der Waals surface area contributed by atoms with Gasteiger partial charge in [-0.15, -0.1) is 0 Å². The van der Waals surface area contributed by atoms with Crippen LogP contribution in [0.3, 0.4) is 0 Å². The third-order valence-corrected chi connectivity index (χ3v) is 4.10. The van der Waals surface area contributed by atoms with Crippen LogP contribution in [0.1, 0.15) is 17.5 Å². The number of likely N-dealkylation sites (tertiary alicyclic amines) is 1. The maximum absolute atomic E-state index is 11.3. The van der Waals surface area contributed by atoms with Crippen LogP contribution in [0.2, 0.25) is 0 Å². The van der Waals surface area contributed by atoms with Gasteiger partial charge in [0.2, 0.25) is 0 Å². The van der Waals surface area contributed by atoms with Crippen LogP contribution in [0.5, 0.6) is 0 Å². The van der Waals surface area contributed by atoms with Gasteiger partial charge < -0.3 is 10.1 Å². The number of alkyl carbamates (subject to hydrolysis) is 1. The number of aryl methyl sites for hydroxylation is 1. The SMILES string of the molecule is Cc1ccc(CN2CC[C@H]3COC(=O)N[C@@H]3C2)cc1. The van der Waals surface area contributed by atoms with Gasteiger partial charge >= 0.3 is 6.09 Å². The molecule has 4 heteroatoms. The highest BCUT2D eigenvalue weighted by Gasteiger charge is 2.34. The maximum Gasteiger partial charge on any atom is 0.407 e. The first-order valence-corrected chi connectivity index (χ1v) is 6.92. The van der Waals surface area contributed by atoms with Gasteiger partial charge in [-0.05, 0) is 25.5 Å². The highest BCUT2D eigenvalue weighted by molar-refractivity contribution is 5.68. The van der Waals surface area contributed by atoms with Crippen molar-refractivity contribution in [3.05, 3.63) is 35.4 Å². The molecule has 2 fully saturated rings. The van der Waals surface area contributed by atoms with Gasteiger partial charge in [-0.25, -0.2) is 4.79 Å². The van der Waals surface area contributed by atoms with Crippen molar-refractivity contribution in [3.8, 4) is 0 Å². The highest BCUT2D eigenvalue weighted by Crippen LogP contribution is 2.22. The summed E-state index contributed by atoms with van der Waals surface area (Å²) in [7, 11) is 0. The van der Waals surface area contributed by atoms with Crippen molar-refractivity contribution in [2.75, 3.05) is 19.7 Å². The molecule has 1 aromatic carbocycles. The predicted molar refractivity (Wildman–Crippen MR) is 72.8 cm³/mol. The molecule has 1 aromatic rings. The molecule has 0 radical (unpaired) electrons. The summed E-state index contributed by atoms with van der Waals surface area (Å²) < 4.78 is 5.05. The molecule has 1 amide bonds. The van der Waals surface area contributed by atoms with Crippen LogP contribution in [0, 0.1) is 12.8 Å². The Balaban J connectivity index is 1.61. The second-order valence-electron chi connectivity index (χ2n) is 5.62. The molecular weight excluding hydrogens is 240 g/mol. The Hall–Kier alpha value is -1.55. The molecule has 2 heterocycles. The number of rotatable bonds is 2. The molecule has 3 rings (SSSR count). The summed E-state index contributed by atoms with van der Waals surface area (Å²) in [6.07, 6.45) is 0.829. The van der Waals surface area contributed by atoms with E-state index in [1.807, 2.05) is 0 Å². The van der Waals surface area contributed by atoms with E-state index in [2.05, 4.69) is 41.4 Å². The number of piperidine rings is 1. The minimum Gasteiger partial charge on any atom is -0.449 e. The molecule has 102 valence electrons. The normalized spacial score (nSPS) is 27.3. The fourth-order valence-electron chi connectivity index (χ4n) is 2.90. The summed E-state index contributed by atoms with van der Waals surface area (Å²) in [5.74, 6) is 0.479. The Morgan fingerprint density at radius 2 is 2.16 bits per heavy atom. The number of amides is 1. The molecule has 0 aromatic heterocycles. The number of cyclic esters (lactones) is 1. The van der Waals surface area contributed by atoms with Gasteiger partial charge in [-0.2, -0.15) is 0 Å². The van der Waals surface area contributed by atoms with Crippen LogP contribution in [0.4, 0.5) is 4.79 Å². The van der Waals surface area contributed by atoms with Gasteiger partial charge in [0, 0.05) is 19.0 Å². The quantitative estimate of drug-likeness (QED) is 0.883. The van der Waals surface area contributed by atoms with Crippen molar-refractivity contribution in [1.82, 2.24) is 10.2 Å². The van der Waals surface area contributed by atoms with E-state index in [0.717, 1.165) is 26.1 Å². The Morgan fingerprint density at radius 1 is 1.37 bits per heavy atom. The molecule has 4 nitrogen and oxygen atoms in total. The Kier molecular flexibility index (Phi) is 3.42. The van der Waals surface area contributed by atoms with Crippen molar-refractivity contribution in [3.63, 3.8) is 0 Å². The fourth-order valence-corrected chi connectivity index (χ4v) is 2.90. The average molecular weight is 260 g/mol. The van der Waals surface area contributed by atoms with E-state index in [0.29, 0.717) is 12.5 Å². The summed E-state index contributed by atoms with van der Waals surface area (Å²) in [5, 5.41) is 2.94. The molecule has 0 unspecified atom stereocenters. The lowest BCUT2D eigenvalue weighted by Gasteiger charge is -2.40. The van der Waals surface area contributed by atoms with Crippen LogP contribution >= 0.6 is 0 Å². The van der Waals surface area contributed by atoms with Crippen molar-refractivity contribution < 1.29 is 9.53 Å². The smallest absolute Gasteiger partial charge is 0.407 e. The molecule has 2 atom stereocenters. The Morgan fingerprint density at radius 3 is 2.95 bits per heavy atom. The summed E-state index contributed by atoms with van der Waals surface area (Å²) in [6.45, 7) is 5.64. The third kappa shape index (κ3) is 2.89. The molecule has 2 saturated heterocycles. The van der Waals surface area contributed by atoms with Gasteiger partial charge in [0.15, 0.2) is 0 Å². The monoisotopic (exact) mass is 260 g/mol. The summed E-state index contributed by atoms with van der Waals surface area (Å²) in [4.78, 5) is 13.7. The Labute approximate surface area is 113 Å². The Bertz CT molecular complexity index is 458. The van der Waals surface area contributed by atoms with E-state index in [1.165, 1.54) is 11.1 Å². The molecular formula is C15H20N2O2. The highest BCUT2D eigenvalue weighted by atomic mass is 16.6. The zero-order valence-corrected chi connectivity index (χ0v) is 11.3. The first-order chi connectivity index (χ1) is 9.20. The molecule has 0 aliphatic carbocycles. The molecule has 2 aliphatic heterocycles. The zero-order chi connectivity index (χ0) is 13.2. The predicted octanol–water partition coefficient (Wildman–Crippen LogP) is 1.93. The van der Waals surface area contributed by atoms with Gasteiger partial charge in [0.05, 0.1) is 12.6 Å². The van der Waals surface area contributed by atoms with Crippen LogP contribution in [-0.4, -0.2) is 36.7 Å². The molecule has 19 heavy (non-hydrogen) atoms. The van der Waals surface area contributed by atoms with Crippen LogP contribution in [0.15, 0.2) is 24.3 Å². The van der Waals surface area contributed by atoms with E-state index in [9.17, 15) is 4.79 Å². The molecule has 0 spiro atoms. The van der Waals surface area contributed by atoms with Gasteiger partial charge in [0.1, 0.15) is 0 Å². The number of hydrogen-bond acceptors (Lipinski definition) is 3. The lowest BCUT2D eigenvalue weighted by molar-refractivity contribution is 0.0378. The summed E-state index contributed by atoms with van der Waals surface area (Å²) >= 11 is 0. The van der Waals surface area contributed by atoms with Gasteiger partial charge in [0.25, 0.3) is 0 Å². The standard InChI is InChI=1S/C15H20N2O2/c1-11-2-4-12(5-3-11)8-17-7-6-13-10-19-15(18)16-14(13)9-17/h2-5,13-14H,6-10H2,1H3,(H,16,18)/t13-,14+/m0/s1.